The lowest BCUT2D eigenvalue weighted by Gasteiger charge is -2.36. The summed E-state index contributed by atoms with van der Waals surface area (Å²) < 4.78 is 0. The van der Waals surface area contributed by atoms with E-state index in [2.05, 4.69) is 54.1 Å². The number of guanidine groups is 1. The van der Waals surface area contributed by atoms with Crippen LogP contribution >= 0.6 is 0 Å². The van der Waals surface area contributed by atoms with Gasteiger partial charge in [0.2, 0.25) is 5.91 Å². The van der Waals surface area contributed by atoms with Gasteiger partial charge in [-0.3, -0.25) is 14.7 Å². The van der Waals surface area contributed by atoms with Gasteiger partial charge in [-0.1, -0.05) is 29.3 Å². The van der Waals surface area contributed by atoms with E-state index in [0.717, 1.165) is 77.6 Å². The quantitative estimate of drug-likeness (QED) is 0.588. The van der Waals surface area contributed by atoms with Crippen LogP contribution < -0.4 is 5.32 Å². The van der Waals surface area contributed by atoms with Gasteiger partial charge in [0, 0.05) is 52.4 Å². The van der Waals surface area contributed by atoms with Gasteiger partial charge in [-0.05, 0) is 45.6 Å². The lowest BCUT2D eigenvalue weighted by Crippen LogP contribution is -2.54. The maximum atomic E-state index is 12.4. The van der Waals surface area contributed by atoms with E-state index >= 15 is 0 Å². The molecule has 6 nitrogen and oxygen atoms in total. The predicted molar refractivity (Wildman–Crippen MR) is 119 cm³/mol. The second kappa shape index (κ2) is 10.6. The van der Waals surface area contributed by atoms with E-state index in [-0.39, 0.29) is 0 Å². The number of likely N-dealkylation sites (tertiary alicyclic amines) is 1. The van der Waals surface area contributed by atoms with Crippen LogP contribution in [0.25, 0.3) is 0 Å². The average Bonchev–Trinajstić information content (AvgIpc) is 3.22. The molecule has 3 rings (SSSR count). The zero-order chi connectivity index (χ0) is 20.6. The summed E-state index contributed by atoms with van der Waals surface area (Å²) in [7, 11) is 0. The largest absolute Gasteiger partial charge is 0.357 e. The number of carbonyl (C=O) groups is 1. The standard InChI is InChI=1S/C23H37N5O/c1-4-24-23(25-8-7-21-16-19(2)15-20(3)17-21)28-13-11-26(12-14-28)18-22(29)27-9-5-6-10-27/h15-17H,4-14,18H2,1-3H3,(H,24,25). The second-order valence-electron chi connectivity index (χ2n) is 8.33. The molecule has 0 atom stereocenters. The molecule has 0 bridgehead atoms. The Hall–Kier alpha value is -2.08. The highest BCUT2D eigenvalue weighted by Crippen LogP contribution is 2.11. The molecule has 0 aromatic heterocycles. The number of benzene rings is 1. The second-order valence-corrected chi connectivity index (χ2v) is 8.33. The Morgan fingerprint density at radius 1 is 0.966 bits per heavy atom. The van der Waals surface area contributed by atoms with Gasteiger partial charge in [0.15, 0.2) is 5.96 Å². The minimum Gasteiger partial charge on any atom is -0.357 e. The first-order valence-electron chi connectivity index (χ1n) is 11.2. The number of amides is 1. The molecule has 0 aliphatic carbocycles. The molecule has 0 saturated carbocycles. The maximum absolute atomic E-state index is 12.4. The highest BCUT2D eigenvalue weighted by atomic mass is 16.2. The van der Waals surface area contributed by atoms with E-state index < -0.39 is 0 Å². The zero-order valence-corrected chi connectivity index (χ0v) is 18.4. The summed E-state index contributed by atoms with van der Waals surface area (Å²) in [4.78, 5) is 23.9. The SMILES string of the molecule is CCNC(=NCCc1cc(C)cc(C)c1)N1CCN(CC(=O)N2CCCC2)CC1. The molecule has 1 amide bonds. The first-order valence-corrected chi connectivity index (χ1v) is 11.2. The van der Waals surface area contributed by atoms with Gasteiger partial charge < -0.3 is 15.1 Å². The molecular formula is C23H37N5O. The Morgan fingerprint density at radius 2 is 1.62 bits per heavy atom. The van der Waals surface area contributed by atoms with E-state index in [9.17, 15) is 4.79 Å². The van der Waals surface area contributed by atoms with Crippen molar-refractivity contribution in [1.29, 1.82) is 0 Å². The van der Waals surface area contributed by atoms with Gasteiger partial charge in [0.1, 0.15) is 0 Å². The molecule has 2 aliphatic heterocycles. The fourth-order valence-corrected chi connectivity index (χ4v) is 4.31. The van der Waals surface area contributed by atoms with E-state index in [4.69, 9.17) is 4.99 Å². The summed E-state index contributed by atoms with van der Waals surface area (Å²) in [6.07, 6.45) is 3.27. The van der Waals surface area contributed by atoms with Crippen LogP contribution in [0.4, 0.5) is 0 Å². The summed E-state index contributed by atoms with van der Waals surface area (Å²) in [5, 5.41) is 3.44. The highest BCUT2D eigenvalue weighted by molar-refractivity contribution is 5.80. The Bertz CT molecular complexity index is 683. The molecule has 1 N–H and O–H groups in total. The molecule has 2 heterocycles. The smallest absolute Gasteiger partial charge is 0.236 e. The van der Waals surface area contributed by atoms with Gasteiger partial charge in [-0.15, -0.1) is 0 Å². The monoisotopic (exact) mass is 399 g/mol. The zero-order valence-electron chi connectivity index (χ0n) is 18.4. The van der Waals surface area contributed by atoms with Crippen molar-refractivity contribution in [3.8, 4) is 0 Å². The van der Waals surface area contributed by atoms with E-state index in [1.165, 1.54) is 16.7 Å². The summed E-state index contributed by atoms with van der Waals surface area (Å²) in [5.74, 6) is 1.30. The molecule has 0 unspecified atom stereocenters. The van der Waals surface area contributed by atoms with E-state index in [1.807, 2.05) is 4.90 Å². The van der Waals surface area contributed by atoms with E-state index in [0.29, 0.717) is 12.5 Å². The number of hydrogen-bond acceptors (Lipinski definition) is 3. The van der Waals surface area contributed by atoms with Gasteiger partial charge in [-0.25, -0.2) is 0 Å². The number of aryl methyl sites for hydroxylation is 2. The lowest BCUT2D eigenvalue weighted by molar-refractivity contribution is -0.131. The normalized spacial score (nSPS) is 18.4. The number of aliphatic imine (C=N–C) groups is 1. The van der Waals surface area contributed by atoms with Crippen molar-refractivity contribution in [2.45, 2.75) is 40.0 Å². The van der Waals surface area contributed by atoms with Crippen LogP contribution in [0, 0.1) is 13.8 Å². The van der Waals surface area contributed by atoms with Gasteiger partial charge in [0.25, 0.3) is 0 Å². The van der Waals surface area contributed by atoms with Crippen molar-refractivity contribution in [3.63, 3.8) is 0 Å². The molecule has 2 aliphatic rings. The van der Waals surface area contributed by atoms with E-state index in [1.54, 1.807) is 0 Å². The topological polar surface area (TPSA) is 51.2 Å². The third-order valence-corrected chi connectivity index (χ3v) is 5.77. The molecule has 29 heavy (non-hydrogen) atoms. The number of rotatable bonds is 6. The van der Waals surface area contributed by atoms with Crippen LogP contribution in [0.5, 0.6) is 0 Å². The van der Waals surface area contributed by atoms with Crippen LogP contribution in [0.2, 0.25) is 0 Å². The Morgan fingerprint density at radius 3 is 2.24 bits per heavy atom. The number of nitrogens with one attached hydrogen (secondary N) is 1. The van der Waals surface area contributed by atoms with Gasteiger partial charge in [0.05, 0.1) is 6.54 Å². The third-order valence-electron chi connectivity index (χ3n) is 5.77. The van der Waals surface area contributed by atoms with Crippen LogP contribution in [0.3, 0.4) is 0 Å². The van der Waals surface area contributed by atoms with Crippen molar-refractivity contribution in [2.75, 3.05) is 58.9 Å². The maximum Gasteiger partial charge on any atom is 0.236 e. The minimum atomic E-state index is 0.296. The highest BCUT2D eigenvalue weighted by Gasteiger charge is 2.24. The van der Waals surface area contributed by atoms with Crippen molar-refractivity contribution >= 4 is 11.9 Å². The van der Waals surface area contributed by atoms with Crippen LogP contribution in [0.15, 0.2) is 23.2 Å². The fourth-order valence-electron chi connectivity index (χ4n) is 4.31. The van der Waals surface area contributed by atoms with Crippen molar-refractivity contribution in [2.24, 2.45) is 4.99 Å². The van der Waals surface area contributed by atoms with Crippen molar-refractivity contribution in [1.82, 2.24) is 20.0 Å². The van der Waals surface area contributed by atoms with Crippen LogP contribution in [-0.2, 0) is 11.2 Å². The molecule has 1 aromatic carbocycles. The molecule has 0 radical (unpaired) electrons. The average molecular weight is 400 g/mol. The molecule has 2 saturated heterocycles. The molecule has 2 fully saturated rings. The lowest BCUT2D eigenvalue weighted by atomic mass is 10.1. The van der Waals surface area contributed by atoms with Crippen LogP contribution in [0.1, 0.15) is 36.5 Å². The van der Waals surface area contributed by atoms with Gasteiger partial charge >= 0.3 is 0 Å². The number of hydrogen-bond donors (Lipinski definition) is 1. The molecule has 160 valence electrons. The van der Waals surface area contributed by atoms with Gasteiger partial charge in [-0.2, -0.15) is 0 Å². The molecule has 6 heteroatoms. The molecule has 1 aromatic rings. The summed E-state index contributed by atoms with van der Waals surface area (Å²) >= 11 is 0. The summed E-state index contributed by atoms with van der Waals surface area (Å²) in [6, 6.07) is 6.72. The minimum absolute atomic E-state index is 0.296. The number of piperazine rings is 1. The van der Waals surface area contributed by atoms with Crippen molar-refractivity contribution in [3.05, 3.63) is 34.9 Å². The first-order chi connectivity index (χ1) is 14.0. The molecule has 0 spiro atoms. The van der Waals surface area contributed by atoms with Crippen molar-refractivity contribution < 1.29 is 4.79 Å². The molecular weight excluding hydrogens is 362 g/mol. The van der Waals surface area contributed by atoms with Crippen LogP contribution in [-0.4, -0.2) is 85.5 Å². The Labute approximate surface area is 176 Å². The Kier molecular flexibility index (Phi) is 7.92. The first kappa shape index (κ1) is 21.6. The summed E-state index contributed by atoms with van der Waals surface area (Å²) in [5.41, 5.74) is 3.98. The number of carbonyl (C=O) groups excluding carboxylic acids is 1. The summed E-state index contributed by atoms with van der Waals surface area (Å²) in [6.45, 7) is 14.2. The third kappa shape index (κ3) is 6.46. The predicted octanol–water partition coefficient (Wildman–Crippen LogP) is 2.05. The number of nitrogens with zero attached hydrogens (tertiary/aromatic N) is 4. The fraction of sp³-hybridized carbons (Fsp3) is 0.652. The Balaban J connectivity index is 1.49.